The molecule has 0 aliphatic heterocycles. The van der Waals surface area contributed by atoms with E-state index in [1.165, 1.54) is 12.8 Å². The quantitative estimate of drug-likeness (QED) is 0.818. The standard InChI is InChI=1S/C16H24N2O3/c1-11-4-3-5-13(8-11)21-10-16(19)18-14-7-6-12(17)9-15(14)20-2/h6-7,9,11,13H,3-5,8,10,17H2,1-2H3,(H,18,19). The topological polar surface area (TPSA) is 73.6 Å². The summed E-state index contributed by atoms with van der Waals surface area (Å²) in [5.41, 5.74) is 6.89. The molecule has 5 heteroatoms. The monoisotopic (exact) mass is 292 g/mol. The highest BCUT2D eigenvalue weighted by molar-refractivity contribution is 5.93. The Bertz CT molecular complexity index is 490. The molecule has 5 nitrogen and oxygen atoms in total. The maximum Gasteiger partial charge on any atom is 0.250 e. The zero-order valence-corrected chi connectivity index (χ0v) is 12.7. The van der Waals surface area contributed by atoms with Crippen molar-refractivity contribution in [3.63, 3.8) is 0 Å². The average Bonchev–Trinajstić information content (AvgIpc) is 2.47. The minimum atomic E-state index is -0.170. The van der Waals surface area contributed by atoms with Crippen LogP contribution in [0.15, 0.2) is 18.2 Å². The molecule has 1 saturated carbocycles. The highest BCUT2D eigenvalue weighted by Crippen LogP contribution is 2.27. The van der Waals surface area contributed by atoms with Crippen molar-refractivity contribution in [1.82, 2.24) is 0 Å². The highest BCUT2D eigenvalue weighted by atomic mass is 16.5. The van der Waals surface area contributed by atoms with E-state index in [1.54, 1.807) is 25.3 Å². The van der Waals surface area contributed by atoms with E-state index < -0.39 is 0 Å². The van der Waals surface area contributed by atoms with E-state index in [0.29, 0.717) is 23.0 Å². The number of nitrogens with one attached hydrogen (secondary N) is 1. The minimum Gasteiger partial charge on any atom is -0.494 e. The van der Waals surface area contributed by atoms with E-state index in [0.717, 1.165) is 12.8 Å². The van der Waals surface area contributed by atoms with E-state index >= 15 is 0 Å². The normalized spacial score (nSPS) is 21.8. The second kappa shape index (κ2) is 7.31. The molecule has 0 saturated heterocycles. The highest BCUT2D eigenvalue weighted by Gasteiger charge is 2.20. The van der Waals surface area contributed by atoms with Gasteiger partial charge in [-0.15, -0.1) is 0 Å². The number of benzene rings is 1. The van der Waals surface area contributed by atoms with Gasteiger partial charge in [-0.25, -0.2) is 0 Å². The lowest BCUT2D eigenvalue weighted by molar-refractivity contribution is -0.123. The van der Waals surface area contributed by atoms with Crippen LogP contribution in [0.25, 0.3) is 0 Å². The number of amides is 1. The lowest BCUT2D eigenvalue weighted by Gasteiger charge is -2.26. The third-order valence-electron chi connectivity index (χ3n) is 3.84. The molecule has 21 heavy (non-hydrogen) atoms. The molecule has 1 aromatic rings. The summed E-state index contributed by atoms with van der Waals surface area (Å²) in [5, 5.41) is 2.79. The lowest BCUT2D eigenvalue weighted by Crippen LogP contribution is -2.27. The molecule has 1 aromatic carbocycles. The van der Waals surface area contributed by atoms with Gasteiger partial charge in [0.15, 0.2) is 0 Å². The van der Waals surface area contributed by atoms with Crippen LogP contribution in [-0.4, -0.2) is 25.7 Å². The van der Waals surface area contributed by atoms with Crippen LogP contribution < -0.4 is 15.8 Å². The molecule has 0 heterocycles. The first-order valence-corrected chi connectivity index (χ1v) is 7.43. The van der Waals surface area contributed by atoms with Crippen LogP contribution in [0.4, 0.5) is 11.4 Å². The number of hydrogen-bond acceptors (Lipinski definition) is 4. The van der Waals surface area contributed by atoms with Crippen molar-refractivity contribution < 1.29 is 14.3 Å². The smallest absolute Gasteiger partial charge is 0.250 e. The summed E-state index contributed by atoms with van der Waals surface area (Å²) in [6.07, 6.45) is 4.72. The fourth-order valence-electron chi connectivity index (χ4n) is 2.72. The second-order valence-electron chi connectivity index (χ2n) is 5.71. The maximum absolute atomic E-state index is 12.0. The van der Waals surface area contributed by atoms with E-state index in [9.17, 15) is 4.79 Å². The molecule has 1 aliphatic carbocycles. The lowest BCUT2D eigenvalue weighted by atomic mass is 9.89. The Hall–Kier alpha value is -1.75. The van der Waals surface area contributed by atoms with Crippen LogP contribution >= 0.6 is 0 Å². The summed E-state index contributed by atoms with van der Waals surface area (Å²) in [5.74, 6) is 1.06. The van der Waals surface area contributed by atoms with Crippen LogP contribution in [-0.2, 0) is 9.53 Å². The Kier molecular flexibility index (Phi) is 5.44. The number of methoxy groups -OCH3 is 1. The summed E-state index contributed by atoms with van der Waals surface area (Å²) >= 11 is 0. The molecule has 1 fully saturated rings. The molecular weight excluding hydrogens is 268 g/mol. The van der Waals surface area contributed by atoms with E-state index in [-0.39, 0.29) is 18.6 Å². The van der Waals surface area contributed by atoms with Gasteiger partial charge >= 0.3 is 0 Å². The average molecular weight is 292 g/mol. The first-order chi connectivity index (χ1) is 10.1. The Morgan fingerprint density at radius 1 is 1.43 bits per heavy atom. The number of nitrogen functional groups attached to an aromatic ring is 1. The molecule has 0 spiro atoms. The molecule has 0 radical (unpaired) electrons. The van der Waals surface area contributed by atoms with E-state index in [4.69, 9.17) is 15.2 Å². The van der Waals surface area contributed by atoms with Crippen LogP contribution in [0.5, 0.6) is 5.75 Å². The molecule has 2 atom stereocenters. The van der Waals surface area contributed by atoms with Crippen molar-refractivity contribution in [1.29, 1.82) is 0 Å². The van der Waals surface area contributed by atoms with Gasteiger partial charge in [0, 0.05) is 11.8 Å². The van der Waals surface area contributed by atoms with E-state index in [2.05, 4.69) is 12.2 Å². The first-order valence-electron chi connectivity index (χ1n) is 7.43. The van der Waals surface area contributed by atoms with Gasteiger partial charge in [-0.3, -0.25) is 4.79 Å². The van der Waals surface area contributed by atoms with Gasteiger partial charge < -0.3 is 20.5 Å². The Balaban J connectivity index is 1.84. The fourth-order valence-corrected chi connectivity index (χ4v) is 2.72. The number of anilines is 2. The molecule has 2 unspecified atom stereocenters. The minimum absolute atomic E-state index is 0.0743. The first kappa shape index (κ1) is 15.6. The van der Waals surface area contributed by atoms with E-state index in [1.807, 2.05) is 0 Å². The number of ether oxygens (including phenoxy) is 2. The molecule has 0 aromatic heterocycles. The van der Waals surface area contributed by atoms with Crippen molar-refractivity contribution in [3.8, 4) is 5.75 Å². The van der Waals surface area contributed by atoms with Gasteiger partial charge in [0.25, 0.3) is 0 Å². The molecule has 116 valence electrons. The number of nitrogens with two attached hydrogens (primary N) is 1. The summed E-state index contributed by atoms with van der Waals surface area (Å²) in [7, 11) is 1.55. The predicted octanol–water partition coefficient (Wildman–Crippen LogP) is 2.81. The third-order valence-corrected chi connectivity index (χ3v) is 3.84. The molecule has 3 N–H and O–H groups in total. The van der Waals surface area contributed by atoms with Crippen molar-refractivity contribution in [2.24, 2.45) is 5.92 Å². The Morgan fingerprint density at radius 3 is 2.95 bits per heavy atom. The van der Waals surface area contributed by atoms with Gasteiger partial charge in [-0.2, -0.15) is 0 Å². The molecule has 0 bridgehead atoms. The van der Waals surface area contributed by atoms with Crippen LogP contribution in [0.2, 0.25) is 0 Å². The van der Waals surface area contributed by atoms with Gasteiger partial charge in [-0.05, 0) is 30.9 Å². The van der Waals surface area contributed by atoms with Crippen LogP contribution in [0.1, 0.15) is 32.6 Å². The summed E-state index contributed by atoms with van der Waals surface area (Å²) in [6, 6.07) is 5.13. The van der Waals surface area contributed by atoms with Gasteiger partial charge in [0.2, 0.25) is 5.91 Å². The zero-order valence-electron chi connectivity index (χ0n) is 12.7. The van der Waals surface area contributed by atoms with Gasteiger partial charge in [-0.1, -0.05) is 19.8 Å². The number of carbonyl (C=O) groups is 1. The number of rotatable bonds is 5. The Labute approximate surface area is 125 Å². The molecule has 1 amide bonds. The SMILES string of the molecule is COc1cc(N)ccc1NC(=O)COC1CCCC(C)C1. The van der Waals surface area contributed by atoms with Crippen molar-refractivity contribution >= 4 is 17.3 Å². The summed E-state index contributed by atoms with van der Waals surface area (Å²) < 4.78 is 10.9. The number of carbonyl (C=O) groups excluding carboxylic acids is 1. The van der Waals surface area contributed by atoms with Crippen molar-refractivity contribution in [2.75, 3.05) is 24.8 Å². The largest absolute Gasteiger partial charge is 0.494 e. The molecule has 1 aliphatic rings. The number of hydrogen-bond donors (Lipinski definition) is 2. The predicted molar refractivity (Wildman–Crippen MR) is 83.4 cm³/mol. The summed E-state index contributed by atoms with van der Waals surface area (Å²) in [4.78, 5) is 12.0. The van der Waals surface area contributed by atoms with Crippen LogP contribution in [0, 0.1) is 5.92 Å². The van der Waals surface area contributed by atoms with Crippen molar-refractivity contribution in [2.45, 2.75) is 38.7 Å². The van der Waals surface area contributed by atoms with Gasteiger partial charge in [0.05, 0.1) is 18.9 Å². The van der Waals surface area contributed by atoms with Crippen molar-refractivity contribution in [3.05, 3.63) is 18.2 Å². The molecule has 2 rings (SSSR count). The third kappa shape index (κ3) is 4.63. The second-order valence-corrected chi connectivity index (χ2v) is 5.71. The van der Waals surface area contributed by atoms with Gasteiger partial charge in [0.1, 0.15) is 12.4 Å². The fraction of sp³-hybridized carbons (Fsp3) is 0.562. The maximum atomic E-state index is 12.0. The van der Waals surface area contributed by atoms with Crippen LogP contribution in [0.3, 0.4) is 0 Å². The molecular formula is C16H24N2O3. The summed E-state index contributed by atoms with van der Waals surface area (Å²) in [6.45, 7) is 2.31. The zero-order chi connectivity index (χ0) is 15.2. The Morgan fingerprint density at radius 2 is 2.24 bits per heavy atom.